The Labute approximate surface area is 141 Å². The zero-order valence-electron chi connectivity index (χ0n) is 13.5. The van der Waals surface area contributed by atoms with Gasteiger partial charge in [-0.25, -0.2) is 4.39 Å². The van der Waals surface area contributed by atoms with Gasteiger partial charge in [0, 0.05) is 5.69 Å². The highest BCUT2D eigenvalue weighted by Crippen LogP contribution is 2.18. The van der Waals surface area contributed by atoms with Gasteiger partial charge in [0.05, 0.1) is 17.6 Å². The Morgan fingerprint density at radius 1 is 1.26 bits per heavy atom. The smallest absolute Gasteiger partial charge is 0.279 e. The van der Waals surface area contributed by atoms with E-state index in [1.54, 1.807) is 12.1 Å². The number of hydrogen-bond acceptors (Lipinski definition) is 1. The SMILES string of the molecule is Cc1ccc(NC(=O)C[NH+](C)Cc2c(F)cccc2Cl)c(C)c1. The third kappa shape index (κ3) is 4.78. The van der Waals surface area contributed by atoms with Gasteiger partial charge < -0.3 is 10.2 Å². The van der Waals surface area contributed by atoms with E-state index in [9.17, 15) is 9.18 Å². The standard InChI is InChI=1S/C18H20ClFN2O/c1-12-7-8-17(13(2)9-12)21-18(23)11-22(3)10-14-15(19)5-4-6-16(14)20/h4-9H,10-11H2,1-3H3,(H,21,23)/p+1. The van der Waals surface area contributed by atoms with Crippen LogP contribution in [0.3, 0.4) is 0 Å². The van der Waals surface area contributed by atoms with Crippen molar-refractivity contribution in [2.45, 2.75) is 20.4 Å². The Balaban J connectivity index is 1.97. The predicted molar refractivity (Wildman–Crippen MR) is 91.4 cm³/mol. The second-order valence-corrected chi connectivity index (χ2v) is 6.28. The number of benzene rings is 2. The largest absolute Gasteiger partial charge is 0.326 e. The summed E-state index contributed by atoms with van der Waals surface area (Å²) in [6, 6.07) is 10.5. The van der Waals surface area contributed by atoms with Gasteiger partial charge in [-0.1, -0.05) is 35.4 Å². The Bertz CT molecular complexity index is 698. The van der Waals surface area contributed by atoms with Crippen LogP contribution in [0.5, 0.6) is 0 Å². The fourth-order valence-corrected chi connectivity index (χ4v) is 2.72. The zero-order valence-corrected chi connectivity index (χ0v) is 14.3. The van der Waals surface area contributed by atoms with E-state index in [4.69, 9.17) is 11.6 Å². The predicted octanol–water partition coefficient (Wildman–Crippen LogP) is 2.75. The summed E-state index contributed by atoms with van der Waals surface area (Å²) in [5, 5.41) is 3.28. The highest BCUT2D eigenvalue weighted by molar-refractivity contribution is 6.31. The van der Waals surface area contributed by atoms with Crippen molar-refractivity contribution in [1.29, 1.82) is 0 Å². The molecule has 0 radical (unpaired) electrons. The van der Waals surface area contributed by atoms with E-state index >= 15 is 0 Å². The third-order valence-corrected chi connectivity index (χ3v) is 4.01. The lowest BCUT2D eigenvalue weighted by Gasteiger charge is -2.16. The van der Waals surface area contributed by atoms with Gasteiger partial charge in [0.1, 0.15) is 12.4 Å². The molecule has 0 aliphatic rings. The van der Waals surface area contributed by atoms with Crippen LogP contribution in [0.25, 0.3) is 0 Å². The molecule has 0 spiro atoms. The van der Waals surface area contributed by atoms with E-state index in [-0.39, 0.29) is 18.3 Å². The molecule has 0 saturated heterocycles. The fourth-order valence-electron chi connectivity index (χ4n) is 2.49. The summed E-state index contributed by atoms with van der Waals surface area (Å²) in [4.78, 5) is 13.0. The van der Waals surface area contributed by atoms with Gasteiger partial charge in [-0.05, 0) is 37.6 Å². The van der Waals surface area contributed by atoms with Crippen molar-refractivity contribution < 1.29 is 14.1 Å². The van der Waals surface area contributed by atoms with Gasteiger partial charge in [0.2, 0.25) is 0 Å². The van der Waals surface area contributed by atoms with Gasteiger partial charge in [0.25, 0.3) is 5.91 Å². The van der Waals surface area contributed by atoms with Crippen LogP contribution in [0.2, 0.25) is 5.02 Å². The lowest BCUT2D eigenvalue weighted by molar-refractivity contribution is -0.885. The van der Waals surface area contributed by atoms with Crippen molar-refractivity contribution in [3.05, 3.63) is 63.9 Å². The Kier molecular flexibility index (Phi) is 5.74. The molecule has 2 rings (SSSR count). The second kappa shape index (κ2) is 7.57. The molecule has 1 amide bonds. The maximum Gasteiger partial charge on any atom is 0.279 e. The molecule has 0 aliphatic heterocycles. The topological polar surface area (TPSA) is 33.5 Å². The highest BCUT2D eigenvalue weighted by Gasteiger charge is 2.16. The summed E-state index contributed by atoms with van der Waals surface area (Å²) in [7, 11) is 1.84. The van der Waals surface area contributed by atoms with E-state index in [1.807, 2.05) is 39.1 Å². The van der Waals surface area contributed by atoms with Crippen LogP contribution >= 0.6 is 11.6 Å². The Hall–Kier alpha value is -1.91. The fraction of sp³-hybridized carbons (Fsp3) is 0.278. The molecule has 0 aliphatic carbocycles. The lowest BCUT2D eigenvalue weighted by atomic mass is 10.1. The van der Waals surface area contributed by atoms with E-state index in [0.29, 0.717) is 17.1 Å². The quantitative estimate of drug-likeness (QED) is 0.865. The molecule has 0 saturated carbocycles. The number of carbonyl (C=O) groups excluding carboxylic acids is 1. The average Bonchev–Trinajstić information content (AvgIpc) is 2.46. The second-order valence-electron chi connectivity index (χ2n) is 5.88. The Morgan fingerprint density at radius 2 is 2.00 bits per heavy atom. The van der Waals surface area contributed by atoms with E-state index in [0.717, 1.165) is 21.7 Å². The first-order valence-corrected chi connectivity index (χ1v) is 7.86. The van der Waals surface area contributed by atoms with Crippen LogP contribution in [0.4, 0.5) is 10.1 Å². The van der Waals surface area contributed by atoms with Crippen molar-refractivity contribution in [1.82, 2.24) is 0 Å². The molecule has 2 aromatic carbocycles. The summed E-state index contributed by atoms with van der Waals surface area (Å²) >= 11 is 6.02. The van der Waals surface area contributed by atoms with Crippen LogP contribution in [-0.4, -0.2) is 19.5 Å². The maximum atomic E-state index is 13.8. The van der Waals surface area contributed by atoms with Gasteiger partial charge in [-0.15, -0.1) is 0 Å². The molecule has 0 aromatic heterocycles. The first-order valence-electron chi connectivity index (χ1n) is 7.48. The molecule has 2 N–H and O–H groups in total. The summed E-state index contributed by atoms with van der Waals surface area (Å²) in [5.74, 6) is -0.450. The number of anilines is 1. The van der Waals surface area contributed by atoms with E-state index < -0.39 is 0 Å². The molecule has 1 unspecified atom stereocenters. The van der Waals surface area contributed by atoms with Crippen molar-refractivity contribution in [2.24, 2.45) is 0 Å². The van der Waals surface area contributed by atoms with Crippen LogP contribution < -0.4 is 10.2 Å². The maximum absolute atomic E-state index is 13.8. The first kappa shape index (κ1) is 17.4. The Morgan fingerprint density at radius 3 is 2.65 bits per heavy atom. The summed E-state index contributed by atoms with van der Waals surface area (Å²) in [6.07, 6.45) is 0. The molecule has 0 heterocycles. The van der Waals surface area contributed by atoms with Gasteiger partial charge >= 0.3 is 0 Å². The van der Waals surface area contributed by atoms with Crippen molar-refractivity contribution in [3.8, 4) is 0 Å². The molecule has 122 valence electrons. The van der Waals surface area contributed by atoms with Gasteiger partial charge in [-0.3, -0.25) is 4.79 Å². The molecule has 23 heavy (non-hydrogen) atoms. The zero-order chi connectivity index (χ0) is 17.0. The highest BCUT2D eigenvalue weighted by atomic mass is 35.5. The molecule has 2 aromatic rings. The number of nitrogens with one attached hydrogen (secondary N) is 2. The first-order chi connectivity index (χ1) is 10.9. The van der Waals surface area contributed by atoms with Crippen LogP contribution in [0.15, 0.2) is 36.4 Å². The molecule has 1 atom stereocenters. The van der Waals surface area contributed by atoms with Crippen LogP contribution in [-0.2, 0) is 11.3 Å². The number of halogens is 2. The number of likely N-dealkylation sites (N-methyl/N-ethyl adjacent to an activating group) is 1. The molecular formula is C18H21ClFN2O+. The molecule has 3 nitrogen and oxygen atoms in total. The summed E-state index contributed by atoms with van der Waals surface area (Å²) in [6.45, 7) is 4.55. The van der Waals surface area contributed by atoms with E-state index in [1.165, 1.54) is 6.07 Å². The van der Waals surface area contributed by atoms with Gasteiger partial charge in [-0.2, -0.15) is 0 Å². The minimum atomic E-state index is -0.341. The lowest BCUT2D eigenvalue weighted by Crippen LogP contribution is -3.08. The molecule has 0 fully saturated rings. The summed E-state index contributed by atoms with van der Waals surface area (Å²) in [5.41, 5.74) is 3.41. The molecular weight excluding hydrogens is 315 g/mol. The third-order valence-electron chi connectivity index (χ3n) is 3.66. The van der Waals surface area contributed by atoms with Crippen LogP contribution in [0, 0.1) is 19.7 Å². The van der Waals surface area contributed by atoms with Crippen LogP contribution in [0.1, 0.15) is 16.7 Å². The molecule has 5 heteroatoms. The van der Waals surface area contributed by atoms with Crippen molar-refractivity contribution in [2.75, 3.05) is 18.9 Å². The summed E-state index contributed by atoms with van der Waals surface area (Å²) < 4.78 is 13.8. The number of amides is 1. The van der Waals surface area contributed by atoms with Crippen molar-refractivity contribution >= 4 is 23.2 Å². The van der Waals surface area contributed by atoms with Crippen molar-refractivity contribution in [3.63, 3.8) is 0 Å². The number of hydrogen-bond donors (Lipinski definition) is 2. The average molecular weight is 336 g/mol. The number of carbonyl (C=O) groups is 1. The number of rotatable bonds is 5. The number of quaternary nitrogens is 1. The normalized spacial score (nSPS) is 12.0. The monoisotopic (exact) mass is 335 g/mol. The number of aryl methyl sites for hydroxylation is 2. The van der Waals surface area contributed by atoms with E-state index in [2.05, 4.69) is 5.32 Å². The van der Waals surface area contributed by atoms with Gasteiger partial charge in [0.15, 0.2) is 6.54 Å². The minimum Gasteiger partial charge on any atom is -0.326 e. The molecule has 0 bridgehead atoms. The minimum absolute atomic E-state index is 0.109.